The molecule has 0 fully saturated rings. The highest BCUT2D eigenvalue weighted by molar-refractivity contribution is 7.91. The van der Waals surface area contributed by atoms with E-state index in [4.69, 9.17) is 26.0 Å². The van der Waals surface area contributed by atoms with Crippen molar-refractivity contribution in [2.45, 2.75) is 14.7 Å². The maximum atomic E-state index is 13.1. The van der Waals surface area contributed by atoms with Crippen LogP contribution in [0.15, 0.2) is 136 Å². The molecule has 0 aliphatic rings. The highest BCUT2D eigenvalue weighted by Gasteiger charge is 2.28. The van der Waals surface area contributed by atoms with Crippen molar-refractivity contribution in [1.82, 2.24) is 0 Å². The molecule has 0 spiro atoms. The predicted octanol–water partition coefficient (Wildman–Crippen LogP) is 6.49. The molecule has 6 aromatic rings. The fourth-order valence-electron chi connectivity index (χ4n) is 6.33. The topological polar surface area (TPSA) is 458 Å². The Kier molecular flexibility index (Phi) is 15.5. The SMILES string of the molecule is N=CONc1ccc(N=Nc2c(N)c(N=Nc3cccc4cc(S(=O)(=O)CCOS(=O)(=O)O)ccc34)c(N)c(N=Nc3cccc4cc(S(=O)(=O)CCOS(=O)(=O)O)ccc34)c2C(=O)O)c(S(=O)(=O)O)c1. The van der Waals surface area contributed by atoms with Crippen molar-refractivity contribution >= 4 is 136 Å². The Morgan fingerprint density at radius 3 is 1.46 bits per heavy atom. The van der Waals surface area contributed by atoms with Crippen LogP contribution in [-0.4, -0.2) is 97.9 Å². The lowest BCUT2D eigenvalue weighted by molar-refractivity contribution is 0.0698. The average Bonchev–Trinajstić information content (AvgIpc) is 3.28. The van der Waals surface area contributed by atoms with Gasteiger partial charge in [0.2, 0.25) is 6.40 Å². The van der Waals surface area contributed by atoms with E-state index < -0.39 is 126 Å². The van der Waals surface area contributed by atoms with Crippen LogP contribution in [0.5, 0.6) is 0 Å². The van der Waals surface area contributed by atoms with Crippen LogP contribution in [0.2, 0.25) is 0 Å². The van der Waals surface area contributed by atoms with Crippen molar-refractivity contribution in [3.05, 3.63) is 96.6 Å². The fourth-order valence-corrected chi connectivity index (χ4v) is 10.0. The van der Waals surface area contributed by atoms with E-state index in [9.17, 15) is 56.5 Å². The number of azo groups is 3. The van der Waals surface area contributed by atoms with E-state index in [0.717, 1.165) is 18.2 Å². The third-order valence-electron chi connectivity index (χ3n) is 9.50. The van der Waals surface area contributed by atoms with E-state index in [-0.39, 0.29) is 48.4 Å². The normalized spacial score (nSPS) is 12.9. The lowest BCUT2D eigenvalue weighted by Crippen LogP contribution is -2.15. The molecule has 0 aliphatic heterocycles. The molecule has 0 aliphatic carbocycles. The predicted molar refractivity (Wildman–Crippen MR) is 252 cm³/mol. The van der Waals surface area contributed by atoms with Crippen LogP contribution in [0.1, 0.15) is 10.4 Å². The molecular weight excluding hydrogens is 1040 g/mol. The number of nitrogens with zero attached hydrogens (tertiary/aromatic N) is 6. The molecule has 0 bridgehead atoms. The number of benzene rings is 6. The highest BCUT2D eigenvalue weighted by Crippen LogP contribution is 2.50. The minimum absolute atomic E-state index is 0.00153. The van der Waals surface area contributed by atoms with Gasteiger partial charge in [0.1, 0.15) is 33.2 Å². The Bertz CT molecular complexity index is 3820. The first-order valence-corrected chi connectivity index (χ1v) is 26.7. The van der Waals surface area contributed by atoms with Gasteiger partial charge >= 0.3 is 26.8 Å². The largest absolute Gasteiger partial charge is 0.478 e. The summed E-state index contributed by atoms with van der Waals surface area (Å²) in [5.41, 5.74) is 10.6. The zero-order chi connectivity index (χ0) is 52.1. The van der Waals surface area contributed by atoms with Crippen LogP contribution in [0, 0.1) is 5.41 Å². The number of carboxylic acid groups (broad SMARTS) is 1. The summed E-state index contributed by atoms with van der Waals surface area (Å²) >= 11 is 0. The number of nitrogens with one attached hydrogen (secondary N) is 2. The molecule has 0 saturated heterocycles. The maximum Gasteiger partial charge on any atom is 0.397 e. The number of carbonyl (C=O) groups is 1. The zero-order valence-electron chi connectivity index (χ0n) is 35.4. The Balaban J connectivity index is 1.50. The molecule has 0 radical (unpaired) electrons. The molecule has 0 amide bonds. The molecule has 71 heavy (non-hydrogen) atoms. The molecule has 0 unspecified atom stereocenters. The summed E-state index contributed by atoms with van der Waals surface area (Å²) < 4.78 is 156. The number of hydrogen-bond acceptors (Lipinski definition) is 24. The first-order chi connectivity index (χ1) is 33.2. The number of hydrogen-bond donors (Lipinski definition) is 8. The Hall–Kier alpha value is -7.47. The number of rotatable bonds is 21. The second-order valence-electron chi connectivity index (χ2n) is 14.1. The molecule has 28 nitrogen and oxygen atoms in total. The number of carboxylic acids is 1. The molecule has 0 saturated carbocycles. The molecule has 374 valence electrons. The van der Waals surface area contributed by atoms with Gasteiger partial charge < -0.3 is 21.4 Å². The standard InChI is InChI=1S/C38H34N10O18S5/c39-20-64-48-23-7-12-30(31(19-23)69(55,56)57)44-46-36-32(38(49)50)35(45-42-28-5-1-3-21-17-24(8-10-26(21)28)67(51,52)15-13-65-70(58,59)60)33(40)37(34(36)41)47-43-29-6-2-4-22-18-25(9-11-27(22)29)68(53,54)16-14-66-71(61,62)63/h1-12,17-20,39,48H,13-16,40-41H2,(H,49,50)(H,55,56,57)(H,58,59,60)(H,61,62,63). The fraction of sp³-hybridized carbons (Fsp3) is 0.105. The van der Waals surface area contributed by atoms with Gasteiger partial charge in [0, 0.05) is 10.8 Å². The van der Waals surface area contributed by atoms with Gasteiger partial charge in [-0.1, -0.05) is 36.4 Å². The molecule has 6 rings (SSSR count). The van der Waals surface area contributed by atoms with Gasteiger partial charge in [-0.3, -0.25) is 19.1 Å². The maximum absolute atomic E-state index is 13.1. The lowest BCUT2D eigenvalue weighted by Gasteiger charge is -2.14. The number of fused-ring (bicyclic) bond motifs is 2. The first kappa shape index (κ1) is 52.9. The number of nitrogen functional groups attached to an aromatic ring is 2. The van der Waals surface area contributed by atoms with E-state index in [0.29, 0.717) is 6.40 Å². The second-order valence-corrected chi connectivity index (χ2v) is 21.9. The van der Waals surface area contributed by atoms with Gasteiger partial charge in [-0.15, -0.1) is 30.7 Å². The summed E-state index contributed by atoms with van der Waals surface area (Å²) in [4.78, 5) is 16.3. The van der Waals surface area contributed by atoms with Crippen molar-refractivity contribution < 1.29 is 78.9 Å². The van der Waals surface area contributed by atoms with Gasteiger partial charge in [-0.25, -0.2) is 35.5 Å². The van der Waals surface area contributed by atoms with Crippen LogP contribution in [0.25, 0.3) is 21.5 Å². The van der Waals surface area contributed by atoms with Crippen LogP contribution in [-0.2, 0) is 63.8 Å². The third-order valence-corrected chi connectivity index (χ3v) is 14.7. The number of aromatic carboxylic acids is 1. The number of anilines is 3. The van der Waals surface area contributed by atoms with E-state index in [1.165, 1.54) is 72.8 Å². The molecule has 6 aromatic carbocycles. The second kappa shape index (κ2) is 20.9. The van der Waals surface area contributed by atoms with E-state index in [1.54, 1.807) is 0 Å². The molecule has 0 heterocycles. The minimum atomic E-state index is -5.08. The summed E-state index contributed by atoms with van der Waals surface area (Å²) in [6.07, 6.45) is 0.478. The third kappa shape index (κ3) is 13.0. The van der Waals surface area contributed by atoms with Crippen LogP contribution in [0.3, 0.4) is 0 Å². The molecule has 0 atom stereocenters. The molecule has 10 N–H and O–H groups in total. The Morgan fingerprint density at radius 2 is 1.04 bits per heavy atom. The number of nitrogens with two attached hydrogens (primary N) is 2. The molecule has 0 aromatic heterocycles. The summed E-state index contributed by atoms with van der Waals surface area (Å²) in [6, 6.07) is 19.2. The van der Waals surface area contributed by atoms with E-state index in [2.05, 4.69) is 49.4 Å². The lowest BCUT2D eigenvalue weighted by atomic mass is 10.1. The van der Waals surface area contributed by atoms with Gasteiger partial charge in [0.15, 0.2) is 19.7 Å². The summed E-state index contributed by atoms with van der Waals surface area (Å²) in [6.45, 7) is -1.78. The van der Waals surface area contributed by atoms with E-state index in [1.807, 2.05) is 0 Å². The van der Waals surface area contributed by atoms with Gasteiger partial charge in [-0.2, -0.15) is 25.3 Å². The summed E-state index contributed by atoms with van der Waals surface area (Å²) in [5, 5.41) is 43.2. The highest BCUT2D eigenvalue weighted by atomic mass is 32.3. The van der Waals surface area contributed by atoms with Crippen molar-refractivity contribution in [3.63, 3.8) is 0 Å². The quantitative estimate of drug-likeness (QED) is 0.00953. The van der Waals surface area contributed by atoms with Crippen LogP contribution >= 0.6 is 0 Å². The minimum Gasteiger partial charge on any atom is -0.478 e. The van der Waals surface area contributed by atoms with Gasteiger partial charge in [0.05, 0.1) is 62.9 Å². The van der Waals surface area contributed by atoms with Crippen LogP contribution in [0.4, 0.5) is 51.2 Å². The average molecular weight is 1080 g/mol. The van der Waals surface area contributed by atoms with Gasteiger partial charge in [0.25, 0.3) is 10.1 Å². The van der Waals surface area contributed by atoms with E-state index >= 15 is 0 Å². The van der Waals surface area contributed by atoms with Gasteiger partial charge in [-0.05, 0) is 65.4 Å². The smallest absolute Gasteiger partial charge is 0.397 e. The zero-order valence-corrected chi connectivity index (χ0v) is 39.5. The Morgan fingerprint density at radius 1 is 0.592 bits per heavy atom. The number of sulfone groups is 2. The van der Waals surface area contributed by atoms with Crippen molar-refractivity contribution in [2.24, 2.45) is 30.7 Å². The van der Waals surface area contributed by atoms with Crippen molar-refractivity contribution in [1.29, 1.82) is 5.41 Å². The van der Waals surface area contributed by atoms with Crippen LogP contribution < -0.4 is 16.9 Å². The first-order valence-electron chi connectivity index (χ1n) is 19.2. The molecular formula is C38H34N10O18S5. The van der Waals surface area contributed by atoms with Crippen molar-refractivity contribution in [3.8, 4) is 0 Å². The molecule has 33 heteroatoms. The Labute approximate surface area is 401 Å². The van der Waals surface area contributed by atoms with Crippen molar-refractivity contribution in [2.75, 3.05) is 41.7 Å². The summed E-state index contributed by atoms with van der Waals surface area (Å²) in [5.74, 6) is -3.45. The summed E-state index contributed by atoms with van der Waals surface area (Å²) in [7, 11) is -23.3. The monoisotopic (exact) mass is 1080 g/mol.